The highest BCUT2D eigenvalue weighted by Gasteiger charge is 2.31. The Morgan fingerprint density at radius 2 is 2.16 bits per heavy atom. The lowest BCUT2D eigenvalue weighted by atomic mass is 10.1. The van der Waals surface area contributed by atoms with Gasteiger partial charge in [0.1, 0.15) is 17.8 Å². The summed E-state index contributed by atoms with van der Waals surface area (Å²) in [4.78, 5) is 11.5. The smallest absolute Gasteiger partial charge is 0.417 e. The molecule has 3 rings (SSSR count). The summed E-state index contributed by atoms with van der Waals surface area (Å²) < 4.78 is 57.2. The van der Waals surface area contributed by atoms with E-state index >= 15 is 0 Å². The van der Waals surface area contributed by atoms with Crippen molar-refractivity contribution in [1.29, 1.82) is 0 Å². The Labute approximate surface area is 185 Å². The molecule has 32 heavy (non-hydrogen) atoms. The van der Waals surface area contributed by atoms with Crippen molar-refractivity contribution >= 4 is 11.8 Å². The molecule has 0 bridgehead atoms. The lowest BCUT2D eigenvalue weighted by Crippen LogP contribution is -2.12. The minimum absolute atomic E-state index is 0.125. The zero-order valence-corrected chi connectivity index (χ0v) is 18.2. The van der Waals surface area contributed by atoms with Crippen LogP contribution in [0.5, 0.6) is 0 Å². The average molecular weight is 449 g/mol. The van der Waals surface area contributed by atoms with E-state index in [2.05, 4.69) is 20.7 Å². The molecule has 0 amide bonds. The maximum Gasteiger partial charge on any atom is 0.417 e. The van der Waals surface area contributed by atoms with Gasteiger partial charge >= 0.3 is 6.18 Å². The molecule has 8 heteroatoms. The summed E-state index contributed by atoms with van der Waals surface area (Å²) >= 11 is 0. The number of hydrogen-bond donors (Lipinski definition) is 1. The van der Waals surface area contributed by atoms with E-state index in [1.807, 2.05) is 25.2 Å². The molecule has 2 unspecified atom stereocenters. The Hall–Kier alpha value is -2.86. The van der Waals surface area contributed by atoms with Crippen molar-refractivity contribution in [2.24, 2.45) is 4.99 Å². The van der Waals surface area contributed by atoms with Gasteiger partial charge < -0.3 is 9.72 Å². The third-order valence-electron chi connectivity index (χ3n) is 5.43. The summed E-state index contributed by atoms with van der Waals surface area (Å²) in [5.74, 6) is 1.59. The van der Waals surface area contributed by atoms with Gasteiger partial charge in [0.15, 0.2) is 0 Å². The predicted molar refractivity (Wildman–Crippen MR) is 117 cm³/mol. The summed E-state index contributed by atoms with van der Waals surface area (Å²) in [7, 11) is 0. The Kier molecular flexibility index (Phi) is 7.91. The molecule has 0 saturated heterocycles. The highest BCUT2D eigenvalue weighted by molar-refractivity contribution is 5.80. The highest BCUT2D eigenvalue weighted by Crippen LogP contribution is 2.35. The molecule has 1 saturated carbocycles. The van der Waals surface area contributed by atoms with Crippen molar-refractivity contribution in [1.82, 2.24) is 9.97 Å². The van der Waals surface area contributed by atoms with Gasteiger partial charge in [-0.3, -0.25) is 4.99 Å². The Balaban J connectivity index is 1.51. The van der Waals surface area contributed by atoms with Crippen LogP contribution < -0.4 is 0 Å². The molecular formula is C24H27F4N3O. The van der Waals surface area contributed by atoms with Gasteiger partial charge in [-0.05, 0) is 56.9 Å². The molecule has 0 spiro atoms. The number of imidazole rings is 1. The number of ether oxygens (including phenoxy) is 1. The zero-order valence-electron chi connectivity index (χ0n) is 18.2. The summed E-state index contributed by atoms with van der Waals surface area (Å²) in [6.45, 7) is 3.79. The van der Waals surface area contributed by atoms with Crippen LogP contribution in [0, 0.1) is 0 Å². The van der Waals surface area contributed by atoms with Gasteiger partial charge in [-0.1, -0.05) is 6.08 Å². The molecule has 2 atom stereocenters. The number of allylic oxidation sites excluding steroid dienone is 6. The molecular weight excluding hydrogens is 422 g/mol. The first kappa shape index (κ1) is 23.8. The quantitative estimate of drug-likeness (QED) is 0.217. The van der Waals surface area contributed by atoms with Crippen molar-refractivity contribution in [3.8, 4) is 0 Å². The first-order chi connectivity index (χ1) is 15.3. The fourth-order valence-electron chi connectivity index (χ4n) is 3.59. The summed E-state index contributed by atoms with van der Waals surface area (Å²) in [6.07, 6.45) is 6.34. The van der Waals surface area contributed by atoms with Gasteiger partial charge in [0.25, 0.3) is 0 Å². The maximum atomic E-state index is 13.5. The second kappa shape index (κ2) is 10.6. The van der Waals surface area contributed by atoms with Gasteiger partial charge in [0, 0.05) is 30.7 Å². The molecule has 1 heterocycles. The molecule has 0 aromatic carbocycles. The molecule has 172 valence electrons. The number of aromatic amines is 1. The summed E-state index contributed by atoms with van der Waals surface area (Å²) in [5, 5.41) is 0. The van der Waals surface area contributed by atoms with Crippen LogP contribution in [0.2, 0.25) is 0 Å². The largest absolute Gasteiger partial charge is 0.493 e. The van der Waals surface area contributed by atoms with E-state index in [1.54, 1.807) is 6.20 Å². The molecule has 1 fully saturated rings. The number of H-pyrrole nitrogens is 1. The van der Waals surface area contributed by atoms with Gasteiger partial charge in [-0.15, -0.1) is 5.73 Å². The number of aliphatic imine (C=N–C) groups is 1. The lowest BCUT2D eigenvalue weighted by Gasteiger charge is -2.08. The SMILES string of the molecule is C/C=C(\C=NCCCOC1=C(C)C=C=C(c2cnc(C3CCC(F)C3)[nH]2)C=C1)C(F)(F)F. The van der Waals surface area contributed by atoms with E-state index in [0.29, 0.717) is 31.6 Å². The number of nitrogens with one attached hydrogen (secondary N) is 1. The first-order valence-corrected chi connectivity index (χ1v) is 10.7. The molecule has 0 radical (unpaired) electrons. The summed E-state index contributed by atoms with van der Waals surface area (Å²) in [5.41, 5.74) is 4.96. The van der Waals surface area contributed by atoms with Crippen molar-refractivity contribution in [2.75, 3.05) is 13.2 Å². The van der Waals surface area contributed by atoms with Crippen LogP contribution in [0.1, 0.15) is 57.0 Å². The van der Waals surface area contributed by atoms with Crippen molar-refractivity contribution in [3.05, 3.63) is 64.7 Å². The van der Waals surface area contributed by atoms with E-state index in [-0.39, 0.29) is 12.5 Å². The molecule has 1 N–H and O–H groups in total. The first-order valence-electron chi connectivity index (χ1n) is 10.7. The van der Waals surface area contributed by atoms with Gasteiger partial charge in [0.05, 0.1) is 24.1 Å². The van der Waals surface area contributed by atoms with E-state index in [9.17, 15) is 17.6 Å². The Bertz CT molecular complexity index is 991. The number of alkyl halides is 4. The fourth-order valence-corrected chi connectivity index (χ4v) is 3.59. The molecule has 0 aliphatic heterocycles. The Morgan fingerprint density at radius 3 is 2.84 bits per heavy atom. The minimum Gasteiger partial charge on any atom is -0.493 e. The number of halogens is 4. The number of aromatic nitrogens is 2. The van der Waals surface area contributed by atoms with Gasteiger partial charge in [-0.25, -0.2) is 9.37 Å². The third-order valence-corrected chi connectivity index (χ3v) is 5.43. The maximum absolute atomic E-state index is 13.5. The normalized spacial score (nSPS) is 22.1. The minimum atomic E-state index is -4.39. The molecule has 1 aromatic heterocycles. The van der Waals surface area contributed by atoms with Gasteiger partial charge in [-0.2, -0.15) is 13.2 Å². The van der Waals surface area contributed by atoms with Crippen molar-refractivity contribution < 1.29 is 22.3 Å². The van der Waals surface area contributed by atoms with Gasteiger partial charge in [0.2, 0.25) is 0 Å². The lowest BCUT2D eigenvalue weighted by molar-refractivity contribution is -0.0857. The zero-order chi connectivity index (χ0) is 23.1. The highest BCUT2D eigenvalue weighted by atomic mass is 19.4. The van der Waals surface area contributed by atoms with Crippen LogP contribution in [-0.4, -0.2) is 41.7 Å². The van der Waals surface area contributed by atoms with Crippen LogP contribution in [0.3, 0.4) is 0 Å². The molecule has 2 aliphatic carbocycles. The second-order valence-electron chi connectivity index (χ2n) is 7.85. The molecule has 1 aromatic rings. The van der Waals surface area contributed by atoms with Crippen molar-refractivity contribution in [2.45, 2.75) is 57.8 Å². The van der Waals surface area contributed by atoms with Crippen LogP contribution in [0.15, 0.2) is 58.1 Å². The predicted octanol–water partition coefficient (Wildman–Crippen LogP) is 6.38. The van der Waals surface area contributed by atoms with Crippen LogP contribution in [-0.2, 0) is 4.74 Å². The standard InChI is InChI=1S/C24H27F4N3O/c1-3-19(24(26,27)28)14-29-11-4-12-32-22-10-8-17(6-5-16(22)2)21-15-30-23(31-21)18-7-9-20(25)13-18/h3,5,8,10,14-15,18,20H,4,7,9,11-13H2,1-2H3,(H,30,31)/b19-3+,29-14?. The molecule has 4 nitrogen and oxygen atoms in total. The number of hydrogen-bond acceptors (Lipinski definition) is 3. The Morgan fingerprint density at radius 1 is 1.34 bits per heavy atom. The summed E-state index contributed by atoms with van der Waals surface area (Å²) in [6, 6.07) is 0. The fraction of sp³-hybridized carbons (Fsp3) is 0.458. The topological polar surface area (TPSA) is 50.3 Å². The number of rotatable bonds is 8. The number of nitrogens with zero attached hydrogens (tertiary/aromatic N) is 2. The van der Waals surface area contributed by atoms with Crippen LogP contribution in [0.25, 0.3) is 5.57 Å². The van der Waals surface area contributed by atoms with E-state index in [1.165, 1.54) is 6.92 Å². The van der Waals surface area contributed by atoms with Crippen LogP contribution >= 0.6 is 0 Å². The van der Waals surface area contributed by atoms with E-state index in [0.717, 1.165) is 41.4 Å². The average Bonchev–Trinajstić information content (AvgIpc) is 3.35. The van der Waals surface area contributed by atoms with E-state index in [4.69, 9.17) is 4.74 Å². The van der Waals surface area contributed by atoms with E-state index < -0.39 is 17.9 Å². The second-order valence-corrected chi connectivity index (χ2v) is 7.85. The van der Waals surface area contributed by atoms with Crippen LogP contribution in [0.4, 0.5) is 17.6 Å². The molecule has 2 aliphatic rings. The van der Waals surface area contributed by atoms with Crippen molar-refractivity contribution in [3.63, 3.8) is 0 Å². The monoisotopic (exact) mass is 449 g/mol. The third kappa shape index (κ3) is 6.33.